The highest BCUT2D eigenvalue weighted by molar-refractivity contribution is 7.29. The summed E-state index contributed by atoms with van der Waals surface area (Å²) < 4.78 is 7.51. The fourth-order valence-electron chi connectivity index (χ4n) is 2.40. The number of aromatic nitrogens is 2. The number of hydrogen-bond acceptors (Lipinski definition) is 8. The quantitative estimate of drug-likeness (QED) is 0.523. The Morgan fingerprint density at radius 2 is 2.00 bits per heavy atom. The van der Waals surface area contributed by atoms with E-state index in [2.05, 4.69) is 15.3 Å². The number of hydrogen-bond donors (Lipinski definition) is 1. The first-order chi connectivity index (χ1) is 12.5. The van der Waals surface area contributed by atoms with Crippen molar-refractivity contribution in [3.05, 3.63) is 29.1 Å². The second-order valence-corrected chi connectivity index (χ2v) is 8.78. The number of nitrogens with one attached hydrogen (secondary N) is 1. The molecular weight excluding hydrogens is 388 g/mol. The van der Waals surface area contributed by atoms with Gasteiger partial charge in [-0.2, -0.15) is 0 Å². The SMILES string of the molecule is CCOc1ccc2nc(NC(=O)c3cc4sc(N(C)C)nc4s3)sc2c1. The third-order valence-electron chi connectivity index (χ3n) is 3.58. The number of amides is 1. The lowest BCUT2D eigenvalue weighted by molar-refractivity contribution is 0.103. The molecule has 0 radical (unpaired) electrons. The number of carbonyl (C=O) groups is 1. The van der Waals surface area contributed by atoms with Crippen LogP contribution >= 0.6 is 34.0 Å². The van der Waals surface area contributed by atoms with Crippen molar-refractivity contribution in [3.8, 4) is 5.75 Å². The number of fused-ring (bicyclic) bond motifs is 2. The first-order valence-electron chi connectivity index (χ1n) is 7.96. The third kappa shape index (κ3) is 3.25. The molecule has 0 aliphatic heterocycles. The molecule has 4 aromatic rings. The van der Waals surface area contributed by atoms with Gasteiger partial charge in [0.15, 0.2) is 10.3 Å². The maximum Gasteiger partial charge on any atom is 0.267 e. The van der Waals surface area contributed by atoms with E-state index in [1.54, 1.807) is 11.3 Å². The van der Waals surface area contributed by atoms with Gasteiger partial charge in [-0.15, -0.1) is 11.3 Å². The van der Waals surface area contributed by atoms with Gasteiger partial charge in [0.25, 0.3) is 5.91 Å². The molecule has 0 aliphatic rings. The zero-order chi connectivity index (χ0) is 18.3. The molecule has 3 heterocycles. The minimum Gasteiger partial charge on any atom is -0.494 e. The summed E-state index contributed by atoms with van der Waals surface area (Å²) in [6, 6.07) is 7.62. The standard InChI is InChI=1S/C17H16N4O2S3/c1-4-23-9-5-6-10-11(7-9)25-16(18-10)19-14(22)12-8-13-15(24-12)20-17(26-13)21(2)3/h5-8H,4H2,1-3H3,(H,18,19,22). The molecule has 6 nitrogen and oxygen atoms in total. The van der Waals surface area contributed by atoms with E-state index in [4.69, 9.17) is 4.74 Å². The summed E-state index contributed by atoms with van der Waals surface area (Å²) in [6.45, 7) is 2.57. The molecule has 3 aromatic heterocycles. The van der Waals surface area contributed by atoms with Crippen LogP contribution in [0.25, 0.3) is 19.7 Å². The smallest absolute Gasteiger partial charge is 0.267 e. The summed E-state index contributed by atoms with van der Waals surface area (Å²) in [7, 11) is 3.92. The highest BCUT2D eigenvalue weighted by atomic mass is 32.1. The minimum atomic E-state index is -0.157. The van der Waals surface area contributed by atoms with Crippen LogP contribution in [-0.4, -0.2) is 36.6 Å². The average molecular weight is 405 g/mol. The van der Waals surface area contributed by atoms with Crippen molar-refractivity contribution in [1.29, 1.82) is 0 Å². The van der Waals surface area contributed by atoms with Crippen LogP contribution in [0.5, 0.6) is 5.75 Å². The van der Waals surface area contributed by atoms with Crippen LogP contribution in [0.3, 0.4) is 0 Å². The van der Waals surface area contributed by atoms with Gasteiger partial charge in [0.05, 0.1) is 26.4 Å². The lowest BCUT2D eigenvalue weighted by atomic mass is 10.3. The number of benzene rings is 1. The van der Waals surface area contributed by atoms with Crippen LogP contribution < -0.4 is 15.0 Å². The Hall–Kier alpha value is -2.23. The van der Waals surface area contributed by atoms with Crippen LogP contribution in [-0.2, 0) is 0 Å². The Labute approximate surface area is 162 Å². The molecule has 1 N–H and O–H groups in total. The maximum absolute atomic E-state index is 12.6. The fraction of sp³-hybridized carbons (Fsp3) is 0.235. The Kier molecular flexibility index (Phi) is 4.51. The van der Waals surface area contributed by atoms with Crippen molar-refractivity contribution in [2.75, 3.05) is 30.9 Å². The number of carbonyl (C=O) groups excluding carboxylic acids is 1. The first-order valence-corrected chi connectivity index (χ1v) is 10.4. The molecule has 26 heavy (non-hydrogen) atoms. The number of anilines is 2. The molecule has 1 amide bonds. The van der Waals surface area contributed by atoms with E-state index in [9.17, 15) is 4.79 Å². The highest BCUT2D eigenvalue weighted by Gasteiger charge is 2.16. The molecule has 0 aliphatic carbocycles. The number of ether oxygens (including phenoxy) is 1. The highest BCUT2D eigenvalue weighted by Crippen LogP contribution is 2.35. The van der Waals surface area contributed by atoms with Crippen LogP contribution in [0.2, 0.25) is 0 Å². The van der Waals surface area contributed by atoms with E-state index in [1.807, 2.05) is 50.2 Å². The Bertz CT molecular complexity index is 1060. The summed E-state index contributed by atoms with van der Waals surface area (Å²) in [5, 5.41) is 4.41. The maximum atomic E-state index is 12.6. The Morgan fingerprint density at radius 3 is 2.73 bits per heavy atom. The van der Waals surface area contributed by atoms with Crippen LogP contribution in [0.4, 0.5) is 10.3 Å². The normalized spacial score (nSPS) is 11.2. The number of thiophene rings is 1. The monoisotopic (exact) mass is 404 g/mol. The summed E-state index contributed by atoms with van der Waals surface area (Å²) in [4.78, 5) is 25.1. The first kappa shape index (κ1) is 17.2. The van der Waals surface area contributed by atoms with Crippen molar-refractivity contribution in [3.63, 3.8) is 0 Å². The van der Waals surface area contributed by atoms with Crippen molar-refractivity contribution in [2.24, 2.45) is 0 Å². The van der Waals surface area contributed by atoms with Crippen molar-refractivity contribution in [1.82, 2.24) is 9.97 Å². The summed E-state index contributed by atoms with van der Waals surface area (Å²) in [5.74, 6) is 0.651. The largest absolute Gasteiger partial charge is 0.494 e. The molecule has 4 rings (SSSR count). The van der Waals surface area contributed by atoms with E-state index in [1.165, 1.54) is 22.7 Å². The van der Waals surface area contributed by atoms with E-state index in [-0.39, 0.29) is 5.91 Å². The third-order valence-corrected chi connectivity index (χ3v) is 6.84. The van der Waals surface area contributed by atoms with E-state index >= 15 is 0 Å². The van der Waals surface area contributed by atoms with Gasteiger partial charge in [-0.25, -0.2) is 9.97 Å². The van der Waals surface area contributed by atoms with Crippen molar-refractivity contribution < 1.29 is 9.53 Å². The predicted octanol–water partition coefficient (Wildman–Crippen LogP) is 4.68. The van der Waals surface area contributed by atoms with Gasteiger partial charge >= 0.3 is 0 Å². The molecule has 0 unspecified atom stereocenters. The van der Waals surface area contributed by atoms with Gasteiger partial charge in [0, 0.05) is 14.1 Å². The zero-order valence-electron chi connectivity index (χ0n) is 14.4. The molecule has 0 fully saturated rings. The fourth-order valence-corrected chi connectivity index (χ4v) is 5.32. The molecule has 0 saturated heterocycles. The van der Waals surface area contributed by atoms with Crippen molar-refractivity contribution in [2.45, 2.75) is 6.92 Å². The predicted molar refractivity (Wildman–Crippen MR) is 111 cm³/mol. The van der Waals surface area contributed by atoms with Crippen LogP contribution in [0.1, 0.15) is 16.6 Å². The second-order valence-electron chi connectivity index (χ2n) is 5.71. The average Bonchev–Trinajstić information content (AvgIpc) is 3.26. The van der Waals surface area contributed by atoms with Gasteiger partial charge in [0.2, 0.25) is 0 Å². The van der Waals surface area contributed by atoms with Gasteiger partial charge in [0.1, 0.15) is 10.6 Å². The Balaban J connectivity index is 1.55. The van der Waals surface area contributed by atoms with Gasteiger partial charge in [-0.1, -0.05) is 22.7 Å². The minimum absolute atomic E-state index is 0.157. The number of rotatable bonds is 5. The lowest BCUT2D eigenvalue weighted by Crippen LogP contribution is -2.09. The topological polar surface area (TPSA) is 67.3 Å². The van der Waals surface area contributed by atoms with Crippen LogP contribution in [0, 0.1) is 0 Å². The Morgan fingerprint density at radius 1 is 1.15 bits per heavy atom. The van der Waals surface area contributed by atoms with E-state index in [0.29, 0.717) is 16.6 Å². The molecule has 0 saturated carbocycles. The van der Waals surface area contributed by atoms with Crippen LogP contribution in [0.15, 0.2) is 24.3 Å². The van der Waals surface area contributed by atoms with Gasteiger partial charge in [-0.3, -0.25) is 10.1 Å². The lowest BCUT2D eigenvalue weighted by Gasteiger charge is -2.04. The van der Waals surface area contributed by atoms with Gasteiger partial charge in [-0.05, 0) is 31.2 Å². The number of nitrogens with zero attached hydrogens (tertiary/aromatic N) is 3. The van der Waals surface area contributed by atoms with Gasteiger partial charge < -0.3 is 9.64 Å². The number of thiazole rings is 2. The van der Waals surface area contributed by atoms with E-state index in [0.717, 1.165) is 30.6 Å². The zero-order valence-corrected chi connectivity index (χ0v) is 16.8. The van der Waals surface area contributed by atoms with Crippen molar-refractivity contribution >= 4 is 69.9 Å². The molecular formula is C17H16N4O2S3. The molecule has 0 bridgehead atoms. The molecule has 0 atom stereocenters. The summed E-state index contributed by atoms with van der Waals surface area (Å²) in [6.07, 6.45) is 0. The molecule has 134 valence electrons. The molecule has 1 aromatic carbocycles. The summed E-state index contributed by atoms with van der Waals surface area (Å²) in [5.41, 5.74) is 0.846. The van der Waals surface area contributed by atoms with E-state index < -0.39 is 0 Å². The molecule has 9 heteroatoms. The second kappa shape index (κ2) is 6.82. The molecule has 0 spiro atoms. The summed E-state index contributed by atoms with van der Waals surface area (Å²) >= 11 is 4.41.